The molecule has 1 heteroatoms. The molecule has 1 fully saturated rings. The average molecular weight is 198 g/mol. The van der Waals surface area contributed by atoms with Crippen LogP contribution < -0.4 is 0 Å². The molecule has 0 amide bonds. The summed E-state index contributed by atoms with van der Waals surface area (Å²) in [5.74, 6) is 2.35. The van der Waals surface area contributed by atoms with Crippen molar-refractivity contribution in [1.82, 2.24) is 0 Å². The minimum absolute atomic E-state index is 0.0203. The molecule has 1 nitrogen and oxygen atoms in total. The summed E-state index contributed by atoms with van der Waals surface area (Å²) in [5.41, 5.74) is 0. The molecule has 0 aromatic rings. The number of aliphatic hydroxyl groups excluding tert-OH is 1. The fourth-order valence-corrected chi connectivity index (χ4v) is 2.73. The Morgan fingerprint density at radius 2 is 1.57 bits per heavy atom. The molecule has 0 saturated heterocycles. The van der Waals surface area contributed by atoms with Crippen LogP contribution in [0.15, 0.2) is 0 Å². The van der Waals surface area contributed by atoms with Gasteiger partial charge >= 0.3 is 0 Å². The van der Waals surface area contributed by atoms with Gasteiger partial charge in [-0.25, -0.2) is 0 Å². The van der Waals surface area contributed by atoms with Crippen LogP contribution in [0.3, 0.4) is 0 Å². The first kappa shape index (κ1) is 12.0. The number of hydrogen-bond acceptors (Lipinski definition) is 1. The summed E-state index contributed by atoms with van der Waals surface area (Å²) in [6.45, 7) is 6.81. The first-order valence-corrected chi connectivity index (χ1v) is 6.33. The van der Waals surface area contributed by atoms with Gasteiger partial charge in [0.2, 0.25) is 0 Å². The molecule has 1 saturated carbocycles. The summed E-state index contributed by atoms with van der Waals surface area (Å²) in [6, 6.07) is 0. The van der Waals surface area contributed by atoms with Crippen molar-refractivity contribution in [3.8, 4) is 0 Å². The van der Waals surface area contributed by atoms with Gasteiger partial charge in [-0.1, -0.05) is 27.2 Å². The summed E-state index contributed by atoms with van der Waals surface area (Å²) in [6.07, 6.45) is 7.27. The summed E-state index contributed by atoms with van der Waals surface area (Å²) in [5, 5.41) is 9.90. The zero-order valence-corrected chi connectivity index (χ0v) is 10.00. The molecule has 0 spiro atoms. The van der Waals surface area contributed by atoms with Crippen LogP contribution in [0.4, 0.5) is 0 Å². The third kappa shape index (κ3) is 3.27. The van der Waals surface area contributed by atoms with E-state index < -0.39 is 0 Å². The Kier molecular flexibility index (Phi) is 4.94. The lowest BCUT2D eigenvalue weighted by Crippen LogP contribution is -2.27. The molecular formula is C13H26O. The van der Waals surface area contributed by atoms with Crippen LogP contribution in [0.25, 0.3) is 0 Å². The lowest BCUT2D eigenvalue weighted by molar-refractivity contribution is 0.0603. The van der Waals surface area contributed by atoms with Gasteiger partial charge in [-0.15, -0.1) is 0 Å². The Balaban J connectivity index is 2.28. The van der Waals surface area contributed by atoms with Gasteiger partial charge in [0, 0.05) is 0 Å². The van der Waals surface area contributed by atoms with Crippen molar-refractivity contribution in [3.05, 3.63) is 0 Å². The molecule has 0 heterocycles. The van der Waals surface area contributed by atoms with Crippen molar-refractivity contribution >= 4 is 0 Å². The van der Waals surface area contributed by atoms with E-state index in [1.54, 1.807) is 0 Å². The lowest BCUT2D eigenvalue weighted by atomic mass is 9.74. The zero-order valence-electron chi connectivity index (χ0n) is 10.00. The van der Waals surface area contributed by atoms with E-state index in [0.717, 1.165) is 24.7 Å². The van der Waals surface area contributed by atoms with Crippen LogP contribution in [0.2, 0.25) is 0 Å². The second-order valence-corrected chi connectivity index (χ2v) is 5.27. The van der Waals surface area contributed by atoms with E-state index in [-0.39, 0.29) is 6.10 Å². The highest BCUT2D eigenvalue weighted by molar-refractivity contribution is 4.78. The van der Waals surface area contributed by atoms with Crippen molar-refractivity contribution in [2.24, 2.45) is 17.8 Å². The highest BCUT2D eigenvalue weighted by Gasteiger charge is 2.26. The molecule has 14 heavy (non-hydrogen) atoms. The van der Waals surface area contributed by atoms with Gasteiger partial charge < -0.3 is 5.11 Å². The van der Waals surface area contributed by atoms with Crippen LogP contribution >= 0.6 is 0 Å². The van der Waals surface area contributed by atoms with E-state index in [9.17, 15) is 5.11 Å². The summed E-state index contributed by atoms with van der Waals surface area (Å²) in [7, 11) is 0. The van der Waals surface area contributed by atoms with E-state index in [0.29, 0.717) is 5.92 Å². The summed E-state index contributed by atoms with van der Waals surface area (Å²) < 4.78 is 0. The molecule has 0 aromatic carbocycles. The third-order valence-corrected chi connectivity index (χ3v) is 3.89. The van der Waals surface area contributed by atoms with Crippen LogP contribution in [0.5, 0.6) is 0 Å². The van der Waals surface area contributed by atoms with Gasteiger partial charge in [-0.05, 0) is 49.9 Å². The van der Waals surface area contributed by atoms with Crippen LogP contribution in [0, 0.1) is 17.8 Å². The molecule has 1 atom stereocenters. The molecule has 84 valence electrons. The highest BCUT2D eigenvalue weighted by atomic mass is 16.3. The third-order valence-electron chi connectivity index (χ3n) is 3.89. The Morgan fingerprint density at radius 3 is 2.00 bits per heavy atom. The average Bonchev–Trinajstić information content (AvgIpc) is 2.18. The second-order valence-electron chi connectivity index (χ2n) is 5.27. The summed E-state index contributed by atoms with van der Waals surface area (Å²) >= 11 is 0. The standard InChI is InChI=1S/C13H26O/c1-4-5-13(14)12-8-6-11(7-9-12)10(2)3/h10-14H,4-9H2,1-3H3/t11?,12?,13-/m0/s1. The van der Waals surface area contributed by atoms with Gasteiger partial charge in [0.25, 0.3) is 0 Å². The van der Waals surface area contributed by atoms with Crippen LogP contribution in [-0.2, 0) is 0 Å². The van der Waals surface area contributed by atoms with Crippen molar-refractivity contribution in [2.45, 2.75) is 65.4 Å². The van der Waals surface area contributed by atoms with Gasteiger partial charge in [0.15, 0.2) is 0 Å². The Bertz CT molecular complexity index is 145. The molecule has 0 aliphatic heterocycles. The first-order chi connectivity index (χ1) is 6.65. The molecule has 1 aliphatic rings. The Hall–Kier alpha value is -0.0400. The first-order valence-electron chi connectivity index (χ1n) is 6.33. The van der Waals surface area contributed by atoms with Gasteiger partial charge in [-0.2, -0.15) is 0 Å². The normalized spacial score (nSPS) is 30.6. The predicted octanol–water partition coefficient (Wildman–Crippen LogP) is 3.61. The van der Waals surface area contributed by atoms with E-state index >= 15 is 0 Å². The zero-order chi connectivity index (χ0) is 10.6. The Labute approximate surface area is 88.9 Å². The predicted molar refractivity (Wildman–Crippen MR) is 61.2 cm³/mol. The van der Waals surface area contributed by atoms with E-state index in [1.807, 2.05) is 0 Å². The SMILES string of the molecule is CCC[C@H](O)C1CCC(C(C)C)CC1. The van der Waals surface area contributed by atoms with E-state index in [4.69, 9.17) is 0 Å². The second kappa shape index (κ2) is 5.75. The quantitative estimate of drug-likeness (QED) is 0.731. The highest BCUT2D eigenvalue weighted by Crippen LogP contribution is 2.35. The maximum absolute atomic E-state index is 9.90. The number of aliphatic hydroxyl groups is 1. The minimum atomic E-state index is -0.0203. The van der Waals surface area contributed by atoms with Gasteiger partial charge in [-0.3, -0.25) is 0 Å². The monoisotopic (exact) mass is 198 g/mol. The molecule has 1 N–H and O–H groups in total. The van der Waals surface area contributed by atoms with Crippen molar-refractivity contribution < 1.29 is 5.11 Å². The molecule has 1 rings (SSSR count). The van der Waals surface area contributed by atoms with Crippen LogP contribution in [-0.4, -0.2) is 11.2 Å². The van der Waals surface area contributed by atoms with Crippen molar-refractivity contribution in [3.63, 3.8) is 0 Å². The fourth-order valence-electron chi connectivity index (χ4n) is 2.73. The smallest absolute Gasteiger partial charge is 0.0568 e. The van der Waals surface area contributed by atoms with E-state index in [1.165, 1.54) is 25.7 Å². The molecule has 1 aliphatic carbocycles. The molecule has 0 aromatic heterocycles. The van der Waals surface area contributed by atoms with Crippen molar-refractivity contribution in [2.75, 3.05) is 0 Å². The van der Waals surface area contributed by atoms with Crippen LogP contribution in [0.1, 0.15) is 59.3 Å². The van der Waals surface area contributed by atoms with Gasteiger partial charge in [0.05, 0.1) is 6.10 Å². The summed E-state index contributed by atoms with van der Waals surface area (Å²) in [4.78, 5) is 0. The fraction of sp³-hybridized carbons (Fsp3) is 1.00. The Morgan fingerprint density at radius 1 is 1.07 bits per heavy atom. The maximum atomic E-state index is 9.90. The number of rotatable bonds is 4. The van der Waals surface area contributed by atoms with Gasteiger partial charge in [0.1, 0.15) is 0 Å². The number of hydrogen-bond donors (Lipinski definition) is 1. The maximum Gasteiger partial charge on any atom is 0.0568 e. The molecule has 0 unspecified atom stereocenters. The van der Waals surface area contributed by atoms with Crippen molar-refractivity contribution in [1.29, 1.82) is 0 Å². The van der Waals surface area contributed by atoms with E-state index in [2.05, 4.69) is 20.8 Å². The molecule has 0 bridgehead atoms. The molecular weight excluding hydrogens is 172 g/mol. The topological polar surface area (TPSA) is 20.2 Å². The molecule has 0 radical (unpaired) electrons. The minimum Gasteiger partial charge on any atom is -0.393 e. The largest absolute Gasteiger partial charge is 0.393 e. The lowest BCUT2D eigenvalue weighted by Gasteiger charge is -2.33.